The summed E-state index contributed by atoms with van der Waals surface area (Å²) in [6.45, 7) is 3.45. The summed E-state index contributed by atoms with van der Waals surface area (Å²) < 4.78 is 16.9. The molecule has 0 fully saturated rings. The number of carbonyl (C=O) groups excluding carboxylic acids is 1. The van der Waals surface area contributed by atoms with Crippen molar-refractivity contribution < 1.29 is 24.1 Å². The fraction of sp³-hybridized carbons (Fsp3) is 0.296. The number of ether oxygens (including phenoxy) is 3. The van der Waals surface area contributed by atoms with Gasteiger partial charge in [-0.25, -0.2) is 19.8 Å². The van der Waals surface area contributed by atoms with E-state index in [-0.39, 0.29) is 30.3 Å². The standard InChI is InChI=1S/C27H30N8O5/c1-16(17-6-4-3-5-7-17)30-12-18(36)15-39-21-9-8-20-22(23(21)38-2)33-26(35-11-10-29-24(20)35)34-27(37)40-19-13-31-25(28)32-14-19/h3-9,13-14,16,18,30,36H,10-12,15H2,1-2H3,(H2,28,31,32)(H,33,34,37)/t16-,18+/m0/s1. The lowest BCUT2D eigenvalue weighted by atomic mass is 10.1. The Labute approximate surface area is 230 Å². The van der Waals surface area contributed by atoms with E-state index < -0.39 is 12.2 Å². The van der Waals surface area contributed by atoms with E-state index >= 15 is 0 Å². The normalized spacial score (nSPS) is 15.2. The Balaban J connectivity index is 1.29. The number of nitrogen functional groups attached to an aromatic ring is 1. The van der Waals surface area contributed by atoms with Crippen molar-refractivity contribution in [1.82, 2.24) is 25.5 Å². The summed E-state index contributed by atoms with van der Waals surface area (Å²) in [5.74, 6) is 1.80. The average molecular weight is 547 g/mol. The van der Waals surface area contributed by atoms with Gasteiger partial charge in [-0.1, -0.05) is 30.3 Å². The number of fused-ring (bicyclic) bond motifs is 3. The molecule has 2 aliphatic heterocycles. The van der Waals surface area contributed by atoms with Crippen molar-refractivity contribution in [3.8, 4) is 17.2 Å². The molecule has 2 aromatic carbocycles. The van der Waals surface area contributed by atoms with Crippen molar-refractivity contribution >= 4 is 29.5 Å². The highest BCUT2D eigenvalue weighted by molar-refractivity contribution is 6.18. The summed E-state index contributed by atoms with van der Waals surface area (Å²) in [5.41, 5.74) is 7.78. The molecule has 0 radical (unpaired) electrons. The van der Waals surface area contributed by atoms with Crippen LogP contribution in [0, 0.1) is 0 Å². The number of nitrogens with zero attached hydrogens (tertiary/aromatic N) is 5. The maximum atomic E-state index is 12.6. The Bertz CT molecular complexity index is 1410. The smallest absolute Gasteiger partial charge is 0.419 e. The molecule has 13 heteroatoms. The molecule has 0 saturated heterocycles. The second-order valence-electron chi connectivity index (χ2n) is 9.08. The van der Waals surface area contributed by atoms with E-state index in [1.54, 1.807) is 11.0 Å². The number of anilines is 1. The second-order valence-corrected chi connectivity index (χ2v) is 9.08. The SMILES string of the molecule is COc1c(OC[C@H](O)CN[C@@H](C)c2ccccc2)ccc2c1N=C(NC(=O)Oc1cnc(N)nc1)N1CCN=C21. The first kappa shape index (κ1) is 26.8. The Kier molecular flexibility index (Phi) is 8.03. The number of benzene rings is 2. The number of methoxy groups -OCH3 is 1. The van der Waals surface area contributed by atoms with Crippen molar-refractivity contribution in [2.75, 3.05) is 39.1 Å². The van der Waals surface area contributed by atoms with Gasteiger partial charge in [0, 0.05) is 24.7 Å². The molecule has 13 nitrogen and oxygen atoms in total. The molecule has 40 heavy (non-hydrogen) atoms. The van der Waals surface area contributed by atoms with Crippen LogP contribution in [-0.4, -0.2) is 77.3 Å². The van der Waals surface area contributed by atoms with E-state index in [4.69, 9.17) is 19.9 Å². The zero-order chi connectivity index (χ0) is 28.1. The lowest BCUT2D eigenvalue weighted by Crippen LogP contribution is -2.48. The quantitative estimate of drug-likeness (QED) is 0.311. The van der Waals surface area contributed by atoms with Crippen LogP contribution >= 0.6 is 0 Å². The van der Waals surface area contributed by atoms with Gasteiger partial charge in [0.15, 0.2) is 17.2 Å². The van der Waals surface area contributed by atoms with Crippen molar-refractivity contribution in [2.45, 2.75) is 19.1 Å². The first-order valence-electron chi connectivity index (χ1n) is 12.7. The molecule has 5 N–H and O–H groups in total. The minimum atomic E-state index is -0.784. The first-order chi connectivity index (χ1) is 19.4. The fourth-order valence-corrected chi connectivity index (χ4v) is 4.32. The highest BCUT2D eigenvalue weighted by atomic mass is 16.6. The van der Waals surface area contributed by atoms with Gasteiger partial charge in [0.2, 0.25) is 11.9 Å². The van der Waals surface area contributed by atoms with Crippen LogP contribution in [0.1, 0.15) is 24.1 Å². The third kappa shape index (κ3) is 5.95. The van der Waals surface area contributed by atoms with Gasteiger partial charge in [-0.05, 0) is 24.6 Å². The van der Waals surface area contributed by atoms with Crippen molar-refractivity contribution in [3.05, 3.63) is 66.0 Å². The predicted octanol–water partition coefficient (Wildman–Crippen LogP) is 2.01. The van der Waals surface area contributed by atoms with Crippen LogP contribution < -0.4 is 30.6 Å². The van der Waals surface area contributed by atoms with Gasteiger partial charge >= 0.3 is 6.09 Å². The summed E-state index contributed by atoms with van der Waals surface area (Å²) in [7, 11) is 1.50. The van der Waals surface area contributed by atoms with Crippen LogP contribution in [0.3, 0.4) is 0 Å². The number of aromatic nitrogens is 2. The molecule has 3 aromatic rings. The molecule has 3 heterocycles. The van der Waals surface area contributed by atoms with Crippen molar-refractivity contribution in [1.29, 1.82) is 0 Å². The molecular weight excluding hydrogens is 516 g/mol. The van der Waals surface area contributed by atoms with Gasteiger partial charge < -0.3 is 30.4 Å². The number of hydrogen-bond acceptors (Lipinski definition) is 12. The molecule has 2 atom stereocenters. The number of guanidine groups is 1. The number of nitrogens with two attached hydrogens (primary N) is 1. The van der Waals surface area contributed by atoms with E-state index in [9.17, 15) is 9.90 Å². The van der Waals surface area contributed by atoms with Crippen LogP contribution in [-0.2, 0) is 0 Å². The zero-order valence-electron chi connectivity index (χ0n) is 22.1. The average Bonchev–Trinajstić information content (AvgIpc) is 3.47. The summed E-state index contributed by atoms with van der Waals surface area (Å²) in [5, 5.41) is 16.5. The van der Waals surface area contributed by atoms with Gasteiger partial charge in [0.1, 0.15) is 24.2 Å². The lowest BCUT2D eigenvalue weighted by molar-refractivity contribution is 0.102. The first-order valence-corrected chi connectivity index (χ1v) is 12.7. The summed E-state index contributed by atoms with van der Waals surface area (Å²) in [6.07, 6.45) is 1.03. The van der Waals surface area contributed by atoms with Gasteiger partial charge in [-0.2, -0.15) is 0 Å². The summed E-state index contributed by atoms with van der Waals surface area (Å²) in [6, 6.07) is 13.6. The minimum absolute atomic E-state index is 0.0293. The number of amides is 1. The van der Waals surface area contributed by atoms with Crippen LogP contribution in [0.2, 0.25) is 0 Å². The molecule has 0 saturated carbocycles. The number of aliphatic imine (C=N–C) groups is 2. The molecule has 2 aliphatic rings. The molecule has 0 spiro atoms. The topological polar surface area (TPSA) is 169 Å². The Hall–Kier alpha value is -4.75. The lowest BCUT2D eigenvalue weighted by Gasteiger charge is -2.28. The number of aliphatic hydroxyl groups is 1. The van der Waals surface area contributed by atoms with Gasteiger partial charge in [-0.3, -0.25) is 15.2 Å². The maximum Gasteiger partial charge on any atom is 0.419 e. The molecule has 208 valence electrons. The molecule has 1 amide bonds. The van der Waals surface area contributed by atoms with Crippen LogP contribution in [0.25, 0.3) is 0 Å². The Morgan fingerprint density at radius 3 is 2.70 bits per heavy atom. The van der Waals surface area contributed by atoms with Crippen LogP contribution in [0.4, 0.5) is 16.4 Å². The van der Waals surface area contributed by atoms with E-state index in [0.717, 1.165) is 11.1 Å². The number of aliphatic hydroxyl groups excluding tert-OH is 1. The fourth-order valence-electron chi connectivity index (χ4n) is 4.32. The number of amidine groups is 1. The van der Waals surface area contributed by atoms with Crippen molar-refractivity contribution in [2.24, 2.45) is 9.98 Å². The largest absolute Gasteiger partial charge is 0.491 e. The summed E-state index contributed by atoms with van der Waals surface area (Å²) in [4.78, 5) is 31.2. The Morgan fingerprint density at radius 2 is 1.95 bits per heavy atom. The molecule has 0 aliphatic carbocycles. The third-order valence-electron chi connectivity index (χ3n) is 6.32. The predicted molar refractivity (Wildman–Crippen MR) is 148 cm³/mol. The van der Waals surface area contributed by atoms with E-state index in [0.29, 0.717) is 42.7 Å². The third-order valence-corrected chi connectivity index (χ3v) is 6.32. The second kappa shape index (κ2) is 12.0. The van der Waals surface area contributed by atoms with Crippen molar-refractivity contribution in [3.63, 3.8) is 0 Å². The van der Waals surface area contributed by atoms with Gasteiger partial charge in [-0.15, -0.1) is 0 Å². The van der Waals surface area contributed by atoms with Gasteiger partial charge in [0.05, 0.1) is 26.0 Å². The van der Waals surface area contributed by atoms with E-state index in [1.807, 2.05) is 43.3 Å². The van der Waals surface area contributed by atoms with Crippen LogP contribution in [0.15, 0.2) is 64.8 Å². The highest BCUT2D eigenvalue weighted by Crippen LogP contribution is 2.43. The number of nitrogens with one attached hydrogen (secondary N) is 2. The number of carbonyl (C=O) groups is 1. The molecular formula is C27H30N8O5. The van der Waals surface area contributed by atoms with E-state index in [1.165, 1.54) is 19.5 Å². The monoisotopic (exact) mass is 546 g/mol. The molecule has 1 aromatic heterocycles. The highest BCUT2D eigenvalue weighted by Gasteiger charge is 2.33. The number of rotatable bonds is 9. The van der Waals surface area contributed by atoms with E-state index in [2.05, 4.69) is 30.6 Å². The minimum Gasteiger partial charge on any atom is -0.491 e. The Morgan fingerprint density at radius 1 is 1.18 bits per heavy atom. The molecule has 0 unspecified atom stereocenters. The summed E-state index contributed by atoms with van der Waals surface area (Å²) >= 11 is 0. The molecule has 5 rings (SSSR count). The number of hydrogen-bond donors (Lipinski definition) is 4. The maximum absolute atomic E-state index is 12.6. The van der Waals surface area contributed by atoms with Gasteiger partial charge in [0.25, 0.3) is 0 Å². The van der Waals surface area contributed by atoms with Crippen LogP contribution in [0.5, 0.6) is 17.2 Å². The molecule has 0 bridgehead atoms. The zero-order valence-corrected chi connectivity index (χ0v) is 22.1.